The van der Waals surface area contributed by atoms with Gasteiger partial charge in [-0.3, -0.25) is 0 Å². The van der Waals surface area contributed by atoms with Crippen LogP contribution >= 0.6 is 0 Å². The van der Waals surface area contributed by atoms with Crippen molar-refractivity contribution in [2.24, 2.45) is 0 Å². The van der Waals surface area contributed by atoms with Gasteiger partial charge in [-0.25, -0.2) is 4.98 Å². The first kappa shape index (κ1) is 20.4. The Morgan fingerprint density at radius 1 is 0.821 bits per heavy atom. The molecule has 0 saturated carbocycles. The van der Waals surface area contributed by atoms with Crippen LogP contribution in [0.4, 0.5) is 0 Å². The highest BCUT2D eigenvalue weighted by Gasteiger charge is 2.22. The van der Waals surface area contributed by atoms with Gasteiger partial charge in [-0.15, -0.1) is 0 Å². The lowest BCUT2D eigenvalue weighted by Crippen LogP contribution is -2.17. The topological polar surface area (TPSA) is 17.8 Å². The number of imidazole rings is 1. The van der Waals surface area contributed by atoms with Crippen LogP contribution in [0.25, 0.3) is 16.9 Å². The molecule has 2 heteroatoms. The smallest absolute Gasteiger partial charge is 0.113 e. The second kappa shape index (κ2) is 7.58. The van der Waals surface area contributed by atoms with Crippen LogP contribution in [0.15, 0.2) is 54.7 Å². The van der Waals surface area contributed by atoms with Gasteiger partial charge in [0.25, 0.3) is 0 Å². The molecule has 3 rings (SSSR count). The molecule has 0 unspecified atom stereocenters. The lowest BCUT2D eigenvalue weighted by Gasteiger charge is -2.26. The molecule has 0 N–H and O–H groups in total. The Morgan fingerprint density at radius 2 is 1.39 bits per heavy atom. The van der Waals surface area contributed by atoms with E-state index in [-0.39, 0.29) is 10.8 Å². The molecule has 0 atom stereocenters. The Hall–Kier alpha value is -2.35. The third kappa shape index (κ3) is 4.38. The van der Waals surface area contributed by atoms with Crippen molar-refractivity contribution in [3.8, 4) is 16.9 Å². The van der Waals surface area contributed by atoms with Gasteiger partial charge in [0, 0.05) is 23.9 Å². The zero-order chi connectivity index (χ0) is 20.5. The molecule has 0 saturated heterocycles. The largest absolute Gasteiger partial charge is 0.303 e. The summed E-state index contributed by atoms with van der Waals surface area (Å²) in [5.41, 5.74) is 6.37. The fourth-order valence-corrected chi connectivity index (χ4v) is 3.41. The summed E-state index contributed by atoms with van der Waals surface area (Å²) in [6.07, 6.45) is 4.25. The molecular weight excluding hydrogens is 340 g/mol. The normalized spacial score (nSPS) is 12.4. The van der Waals surface area contributed by atoms with Crippen molar-refractivity contribution in [1.29, 1.82) is 0 Å². The standard InChI is InChI=1S/C26H34N2/c1-8-12-24-27-23(19-13-10-9-11-14-19)18-28(24)22-16-20(25(2,3)4)15-21(17-22)26(5,6)7/h9-11,13-18H,8,12H2,1-7H3. The average molecular weight is 375 g/mol. The minimum absolute atomic E-state index is 0.101. The molecule has 0 amide bonds. The number of benzene rings is 2. The van der Waals surface area contributed by atoms with E-state index in [0.717, 1.165) is 24.4 Å². The number of nitrogens with zero attached hydrogens (tertiary/aromatic N) is 2. The fraction of sp³-hybridized carbons (Fsp3) is 0.423. The van der Waals surface area contributed by atoms with Gasteiger partial charge in [0.15, 0.2) is 0 Å². The van der Waals surface area contributed by atoms with Gasteiger partial charge < -0.3 is 4.57 Å². The van der Waals surface area contributed by atoms with Crippen LogP contribution in [-0.4, -0.2) is 9.55 Å². The van der Waals surface area contributed by atoms with Gasteiger partial charge in [0.2, 0.25) is 0 Å². The van der Waals surface area contributed by atoms with E-state index >= 15 is 0 Å². The fourth-order valence-electron chi connectivity index (χ4n) is 3.41. The van der Waals surface area contributed by atoms with Crippen LogP contribution in [0, 0.1) is 0 Å². The highest BCUT2D eigenvalue weighted by Crippen LogP contribution is 2.32. The number of aryl methyl sites for hydroxylation is 1. The minimum Gasteiger partial charge on any atom is -0.303 e. The second-order valence-corrected chi connectivity index (χ2v) is 9.80. The molecule has 0 aliphatic carbocycles. The molecule has 28 heavy (non-hydrogen) atoms. The number of aromatic nitrogens is 2. The minimum atomic E-state index is 0.101. The molecular formula is C26H34N2. The number of hydrogen-bond acceptors (Lipinski definition) is 1. The molecule has 2 nitrogen and oxygen atoms in total. The highest BCUT2D eigenvalue weighted by molar-refractivity contribution is 5.60. The van der Waals surface area contributed by atoms with Gasteiger partial charge in [-0.1, -0.05) is 84.9 Å². The van der Waals surface area contributed by atoms with E-state index in [0.29, 0.717) is 0 Å². The predicted octanol–water partition coefficient (Wildman–Crippen LogP) is 7.09. The second-order valence-electron chi connectivity index (χ2n) is 9.80. The van der Waals surface area contributed by atoms with Gasteiger partial charge in [0.1, 0.15) is 5.82 Å². The predicted molar refractivity (Wildman–Crippen MR) is 120 cm³/mol. The summed E-state index contributed by atoms with van der Waals surface area (Å²) >= 11 is 0. The zero-order valence-corrected chi connectivity index (χ0v) is 18.5. The molecule has 0 spiro atoms. The summed E-state index contributed by atoms with van der Waals surface area (Å²) in [7, 11) is 0. The Morgan fingerprint density at radius 3 is 1.89 bits per heavy atom. The first-order chi connectivity index (χ1) is 13.1. The number of rotatable bonds is 4. The first-order valence-corrected chi connectivity index (χ1v) is 10.4. The van der Waals surface area contributed by atoms with E-state index in [4.69, 9.17) is 4.98 Å². The van der Waals surface area contributed by atoms with Crippen LogP contribution in [0.1, 0.15) is 71.8 Å². The quantitative estimate of drug-likeness (QED) is 0.477. The molecule has 148 valence electrons. The molecule has 0 radical (unpaired) electrons. The van der Waals surface area contributed by atoms with Gasteiger partial charge in [-0.05, 0) is 40.5 Å². The van der Waals surface area contributed by atoms with Crippen molar-refractivity contribution in [3.05, 3.63) is 71.7 Å². The van der Waals surface area contributed by atoms with Crippen molar-refractivity contribution in [3.63, 3.8) is 0 Å². The highest BCUT2D eigenvalue weighted by atomic mass is 15.1. The lowest BCUT2D eigenvalue weighted by molar-refractivity contribution is 0.567. The summed E-state index contributed by atoms with van der Waals surface area (Å²) in [5, 5.41) is 0. The third-order valence-corrected chi connectivity index (χ3v) is 5.25. The van der Waals surface area contributed by atoms with Gasteiger partial charge >= 0.3 is 0 Å². The van der Waals surface area contributed by atoms with E-state index in [1.807, 2.05) is 0 Å². The van der Waals surface area contributed by atoms with Gasteiger partial charge in [0.05, 0.1) is 5.69 Å². The Labute approximate surface area is 170 Å². The van der Waals surface area contributed by atoms with Crippen LogP contribution in [0.2, 0.25) is 0 Å². The van der Waals surface area contributed by atoms with E-state index in [1.54, 1.807) is 0 Å². The third-order valence-electron chi connectivity index (χ3n) is 5.25. The SMILES string of the molecule is CCCc1nc(-c2ccccc2)cn1-c1cc(C(C)(C)C)cc(C(C)(C)C)c1. The monoisotopic (exact) mass is 374 g/mol. The Balaban J connectivity index is 2.20. The summed E-state index contributed by atoms with van der Waals surface area (Å²) in [6, 6.07) is 17.5. The maximum atomic E-state index is 4.99. The Bertz CT molecular complexity index is 903. The molecule has 0 aliphatic heterocycles. The summed E-state index contributed by atoms with van der Waals surface area (Å²) in [5.74, 6) is 1.13. The summed E-state index contributed by atoms with van der Waals surface area (Å²) in [6.45, 7) is 15.9. The van der Waals surface area contributed by atoms with Crippen molar-refractivity contribution >= 4 is 0 Å². The molecule has 3 aromatic rings. The van der Waals surface area contributed by atoms with Crippen LogP contribution in [0.3, 0.4) is 0 Å². The summed E-state index contributed by atoms with van der Waals surface area (Å²) in [4.78, 5) is 4.99. The average Bonchev–Trinajstić information content (AvgIpc) is 3.05. The van der Waals surface area contributed by atoms with Crippen LogP contribution in [-0.2, 0) is 17.3 Å². The van der Waals surface area contributed by atoms with Crippen molar-refractivity contribution in [1.82, 2.24) is 9.55 Å². The van der Waals surface area contributed by atoms with Crippen LogP contribution in [0.5, 0.6) is 0 Å². The van der Waals surface area contributed by atoms with E-state index < -0.39 is 0 Å². The molecule has 0 fully saturated rings. The van der Waals surface area contributed by atoms with E-state index in [1.165, 1.54) is 22.4 Å². The lowest BCUT2D eigenvalue weighted by atomic mass is 9.80. The van der Waals surface area contributed by atoms with E-state index in [9.17, 15) is 0 Å². The van der Waals surface area contributed by atoms with Crippen molar-refractivity contribution < 1.29 is 0 Å². The molecule has 2 aromatic carbocycles. The molecule has 1 aromatic heterocycles. The molecule has 0 aliphatic rings. The van der Waals surface area contributed by atoms with E-state index in [2.05, 4.69) is 108 Å². The van der Waals surface area contributed by atoms with Crippen molar-refractivity contribution in [2.75, 3.05) is 0 Å². The summed E-state index contributed by atoms with van der Waals surface area (Å²) < 4.78 is 2.30. The van der Waals surface area contributed by atoms with Crippen LogP contribution < -0.4 is 0 Å². The molecule has 1 heterocycles. The zero-order valence-electron chi connectivity index (χ0n) is 18.5. The maximum Gasteiger partial charge on any atom is 0.113 e. The van der Waals surface area contributed by atoms with Crippen molar-refractivity contribution in [2.45, 2.75) is 72.1 Å². The maximum absolute atomic E-state index is 4.99. The molecule has 0 bridgehead atoms. The number of hydrogen-bond donors (Lipinski definition) is 0. The first-order valence-electron chi connectivity index (χ1n) is 10.4. The Kier molecular flexibility index (Phi) is 5.52. The van der Waals surface area contributed by atoms with Gasteiger partial charge in [-0.2, -0.15) is 0 Å².